The fraction of sp³-hybridized carbons (Fsp3) is 0.425. The highest BCUT2D eigenvalue weighted by Crippen LogP contribution is 2.31. The Balaban J connectivity index is 1.81. The van der Waals surface area contributed by atoms with E-state index in [0.29, 0.717) is 5.56 Å². The standard InChI is InChI=1S/C40H54N4O5S/c1-27(2)33(25-28(3)36(45)43-50(48,49)26-29-17-13-11-14-18-29)44(10)38(47)35(39(4,5)6)42-37(46)34(41-9)40(7,8)32-23-21-31(22-24-32)30-19-15-12-16-20-30/h11-25,27,33-35,41H,26H2,1-10H3,(H,42,46)(H,43,45)/t33-,34-,35-/m1/s1. The van der Waals surface area contributed by atoms with Crippen LogP contribution in [0.5, 0.6) is 0 Å². The number of carbonyl (C=O) groups is 3. The molecule has 270 valence electrons. The summed E-state index contributed by atoms with van der Waals surface area (Å²) in [5.74, 6) is -1.88. The summed E-state index contributed by atoms with van der Waals surface area (Å²) in [5, 5.41) is 6.24. The second-order valence-electron chi connectivity index (χ2n) is 14.9. The van der Waals surface area contributed by atoms with Gasteiger partial charge in [0.2, 0.25) is 21.8 Å². The van der Waals surface area contributed by atoms with E-state index in [-0.39, 0.29) is 29.1 Å². The van der Waals surface area contributed by atoms with Gasteiger partial charge in [0.1, 0.15) is 6.04 Å². The Morgan fingerprint density at radius 1 is 0.800 bits per heavy atom. The van der Waals surface area contributed by atoms with Crippen molar-refractivity contribution in [2.45, 2.75) is 84.7 Å². The van der Waals surface area contributed by atoms with Gasteiger partial charge in [0.25, 0.3) is 5.91 Å². The Morgan fingerprint density at radius 3 is 1.82 bits per heavy atom. The predicted octanol–water partition coefficient (Wildman–Crippen LogP) is 5.83. The van der Waals surface area contributed by atoms with Gasteiger partial charge in [-0.15, -0.1) is 0 Å². The number of carbonyl (C=O) groups excluding carboxylic acids is 3. The minimum Gasteiger partial charge on any atom is -0.342 e. The molecular formula is C40H54N4O5S. The van der Waals surface area contributed by atoms with E-state index in [1.54, 1.807) is 50.5 Å². The zero-order valence-electron chi connectivity index (χ0n) is 31.1. The van der Waals surface area contributed by atoms with Gasteiger partial charge in [-0.1, -0.05) is 139 Å². The van der Waals surface area contributed by atoms with E-state index in [2.05, 4.69) is 27.5 Å². The van der Waals surface area contributed by atoms with Gasteiger partial charge < -0.3 is 15.5 Å². The van der Waals surface area contributed by atoms with Crippen molar-refractivity contribution in [3.63, 3.8) is 0 Å². The lowest BCUT2D eigenvalue weighted by molar-refractivity contribution is -0.140. The number of nitrogens with one attached hydrogen (secondary N) is 3. The summed E-state index contributed by atoms with van der Waals surface area (Å²) < 4.78 is 27.6. The van der Waals surface area contributed by atoms with Crippen molar-refractivity contribution in [3.05, 3.63) is 108 Å². The number of amides is 3. The summed E-state index contributed by atoms with van der Waals surface area (Å²) in [7, 11) is -0.578. The molecule has 0 heterocycles. The Kier molecular flexibility index (Phi) is 13.3. The van der Waals surface area contributed by atoms with Gasteiger partial charge in [0, 0.05) is 18.0 Å². The molecule has 3 aromatic rings. The molecule has 0 spiro atoms. The van der Waals surface area contributed by atoms with E-state index in [4.69, 9.17) is 0 Å². The SMILES string of the molecule is CN[C@H](C(=O)N[C@H](C(=O)N(C)[C@H](C=C(C)C(=O)NS(=O)(=O)Cc1ccccc1)C(C)C)C(C)(C)C)C(C)(C)c1ccc(-c2ccccc2)cc1. The van der Waals surface area contributed by atoms with Crippen molar-refractivity contribution in [1.29, 1.82) is 0 Å². The molecule has 0 aromatic heterocycles. The van der Waals surface area contributed by atoms with Gasteiger partial charge >= 0.3 is 0 Å². The molecule has 3 amide bonds. The van der Waals surface area contributed by atoms with Gasteiger partial charge in [0.05, 0.1) is 17.8 Å². The first-order valence-electron chi connectivity index (χ1n) is 17.0. The van der Waals surface area contributed by atoms with E-state index in [9.17, 15) is 22.8 Å². The average Bonchev–Trinajstić information content (AvgIpc) is 3.05. The van der Waals surface area contributed by atoms with Crippen LogP contribution in [0.25, 0.3) is 11.1 Å². The van der Waals surface area contributed by atoms with Crippen LogP contribution in [0.4, 0.5) is 0 Å². The number of hydrogen-bond acceptors (Lipinski definition) is 6. The molecule has 9 nitrogen and oxygen atoms in total. The Bertz CT molecular complexity index is 1750. The van der Waals surface area contributed by atoms with Crippen molar-refractivity contribution in [2.24, 2.45) is 11.3 Å². The summed E-state index contributed by atoms with van der Waals surface area (Å²) in [4.78, 5) is 42.8. The zero-order valence-corrected chi connectivity index (χ0v) is 31.9. The summed E-state index contributed by atoms with van der Waals surface area (Å²) in [6.07, 6.45) is 1.61. The second-order valence-corrected chi connectivity index (χ2v) is 16.6. The molecular weight excluding hydrogens is 649 g/mol. The third-order valence-electron chi connectivity index (χ3n) is 9.11. The molecule has 3 atom stereocenters. The van der Waals surface area contributed by atoms with E-state index in [1.165, 1.54) is 11.8 Å². The summed E-state index contributed by atoms with van der Waals surface area (Å²) in [5.41, 5.74) is 2.56. The monoisotopic (exact) mass is 702 g/mol. The fourth-order valence-electron chi connectivity index (χ4n) is 6.07. The lowest BCUT2D eigenvalue weighted by atomic mass is 9.76. The van der Waals surface area contributed by atoms with Crippen LogP contribution in [-0.4, -0.2) is 63.3 Å². The van der Waals surface area contributed by atoms with Crippen LogP contribution < -0.4 is 15.4 Å². The van der Waals surface area contributed by atoms with Crippen LogP contribution in [0.3, 0.4) is 0 Å². The number of hydrogen-bond donors (Lipinski definition) is 3. The Labute approximate surface area is 299 Å². The van der Waals surface area contributed by atoms with Crippen molar-refractivity contribution in [3.8, 4) is 11.1 Å². The van der Waals surface area contributed by atoms with E-state index in [1.807, 2.05) is 90.9 Å². The van der Waals surface area contributed by atoms with Gasteiger partial charge in [-0.25, -0.2) is 13.1 Å². The fourth-order valence-corrected chi connectivity index (χ4v) is 7.22. The lowest BCUT2D eigenvalue weighted by Gasteiger charge is -2.40. The molecule has 10 heteroatoms. The number of benzene rings is 3. The van der Waals surface area contributed by atoms with Crippen LogP contribution >= 0.6 is 0 Å². The molecule has 3 N–H and O–H groups in total. The predicted molar refractivity (Wildman–Crippen MR) is 201 cm³/mol. The van der Waals surface area contributed by atoms with Crippen LogP contribution in [0.15, 0.2) is 96.6 Å². The van der Waals surface area contributed by atoms with Gasteiger partial charge in [-0.3, -0.25) is 14.4 Å². The Hall–Kier alpha value is -4.28. The Morgan fingerprint density at radius 2 is 1.32 bits per heavy atom. The minimum atomic E-state index is -3.95. The molecule has 0 bridgehead atoms. The summed E-state index contributed by atoms with van der Waals surface area (Å²) in [6.45, 7) is 15.0. The van der Waals surface area contributed by atoms with Crippen LogP contribution in [0.1, 0.15) is 66.5 Å². The molecule has 3 aromatic carbocycles. The maximum absolute atomic E-state index is 14.2. The highest BCUT2D eigenvalue weighted by molar-refractivity contribution is 7.89. The summed E-state index contributed by atoms with van der Waals surface area (Å²) in [6, 6.07) is 24.7. The normalized spacial score (nSPS) is 14.4. The van der Waals surface area contributed by atoms with Crippen molar-refractivity contribution >= 4 is 27.7 Å². The van der Waals surface area contributed by atoms with Gasteiger partial charge in [0.15, 0.2) is 0 Å². The number of rotatable bonds is 14. The smallest absolute Gasteiger partial charge is 0.260 e. The first-order valence-corrected chi connectivity index (χ1v) is 18.6. The molecule has 0 saturated heterocycles. The second kappa shape index (κ2) is 16.6. The molecule has 0 aliphatic rings. The van der Waals surface area contributed by atoms with E-state index < -0.39 is 44.9 Å². The largest absolute Gasteiger partial charge is 0.342 e. The first-order chi connectivity index (χ1) is 23.3. The number of nitrogens with zero attached hydrogens (tertiary/aromatic N) is 1. The first kappa shape index (κ1) is 40.2. The lowest BCUT2D eigenvalue weighted by Crippen LogP contribution is -2.61. The van der Waals surface area contributed by atoms with Crippen LogP contribution in [-0.2, 0) is 35.6 Å². The maximum Gasteiger partial charge on any atom is 0.260 e. The number of sulfonamides is 1. The molecule has 0 saturated carbocycles. The molecule has 0 fully saturated rings. The zero-order chi connectivity index (χ0) is 37.4. The van der Waals surface area contributed by atoms with Gasteiger partial charge in [-0.05, 0) is 47.6 Å². The topological polar surface area (TPSA) is 125 Å². The van der Waals surface area contributed by atoms with Crippen molar-refractivity contribution < 1.29 is 22.8 Å². The molecule has 0 radical (unpaired) electrons. The average molecular weight is 703 g/mol. The van der Waals surface area contributed by atoms with E-state index in [0.717, 1.165) is 16.7 Å². The molecule has 0 aliphatic carbocycles. The molecule has 0 unspecified atom stereocenters. The quantitative estimate of drug-likeness (QED) is 0.182. The molecule has 3 rings (SSSR count). The highest BCUT2D eigenvalue weighted by atomic mass is 32.2. The van der Waals surface area contributed by atoms with E-state index >= 15 is 0 Å². The molecule has 50 heavy (non-hydrogen) atoms. The molecule has 0 aliphatic heterocycles. The van der Waals surface area contributed by atoms with Gasteiger partial charge in [-0.2, -0.15) is 0 Å². The number of likely N-dealkylation sites (N-methyl/N-ethyl adjacent to an activating group) is 2. The van der Waals surface area contributed by atoms with Crippen molar-refractivity contribution in [2.75, 3.05) is 14.1 Å². The van der Waals surface area contributed by atoms with Crippen molar-refractivity contribution in [1.82, 2.24) is 20.3 Å². The van der Waals surface area contributed by atoms with Crippen LogP contribution in [0, 0.1) is 11.3 Å². The highest BCUT2D eigenvalue weighted by Gasteiger charge is 2.41. The van der Waals surface area contributed by atoms with Crippen LogP contribution in [0.2, 0.25) is 0 Å². The summed E-state index contributed by atoms with van der Waals surface area (Å²) >= 11 is 0. The maximum atomic E-state index is 14.2. The third-order valence-corrected chi connectivity index (χ3v) is 10.3. The minimum absolute atomic E-state index is 0.133. The third kappa shape index (κ3) is 10.4.